The number of fused-ring (bicyclic) bond motifs is 3. The maximum absolute atomic E-state index is 12.6. The number of thioether (sulfide) groups is 1. The molecule has 0 aromatic carbocycles. The van der Waals surface area contributed by atoms with E-state index >= 15 is 0 Å². The molecule has 2 bridgehead atoms. The Bertz CT molecular complexity index is 744. The Morgan fingerprint density at radius 2 is 1.89 bits per heavy atom. The van der Waals surface area contributed by atoms with Crippen LogP contribution in [0.25, 0.3) is 0 Å². The molecule has 7 heteroatoms. The van der Waals surface area contributed by atoms with Crippen LogP contribution in [0.3, 0.4) is 0 Å². The Hall–Kier alpha value is -0.560. The Balaban J connectivity index is 1.33. The molecule has 5 aliphatic rings. The third-order valence-corrected chi connectivity index (χ3v) is 10.9. The maximum Gasteiger partial charge on any atom is 0.248 e. The monoisotopic (exact) mass is 410 g/mol. The van der Waals surface area contributed by atoms with E-state index in [4.69, 9.17) is 0 Å². The first-order valence-corrected chi connectivity index (χ1v) is 13.5. The molecule has 2 saturated heterocycles. The van der Waals surface area contributed by atoms with Crippen LogP contribution in [0.4, 0.5) is 0 Å². The van der Waals surface area contributed by atoms with Gasteiger partial charge in [0.1, 0.15) is 0 Å². The fraction of sp³-hybridized carbons (Fsp3) is 0.900. The number of amidine groups is 1. The molecule has 27 heavy (non-hydrogen) atoms. The van der Waals surface area contributed by atoms with Crippen LogP contribution >= 0.6 is 11.8 Å². The molecule has 2 heterocycles. The molecular formula is C20H30N2O3S2. The van der Waals surface area contributed by atoms with E-state index in [0.29, 0.717) is 24.3 Å². The minimum atomic E-state index is -2.96. The number of carbonyl (C=O) groups is 1. The molecule has 5 unspecified atom stereocenters. The molecule has 0 spiro atoms. The van der Waals surface area contributed by atoms with Crippen LogP contribution in [0.5, 0.6) is 0 Å². The Labute approximate surface area is 166 Å². The van der Waals surface area contributed by atoms with Gasteiger partial charge in [0.2, 0.25) is 5.91 Å². The SMILES string of the molecule is O=C(CCC1CCCC1)N=C1SC2CS(=O)(=O)CC2N1C1CC2CCC1C2. The van der Waals surface area contributed by atoms with Crippen molar-refractivity contribution in [3.8, 4) is 0 Å². The average Bonchev–Trinajstić information content (AvgIpc) is 3.39. The first kappa shape index (κ1) is 18.5. The average molecular weight is 411 g/mol. The Morgan fingerprint density at radius 1 is 1.07 bits per heavy atom. The zero-order chi connectivity index (χ0) is 18.6. The summed E-state index contributed by atoms with van der Waals surface area (Å²) in [6, 6.07) is 0.437. The minimum absolute atomic E-state index is 0.000358. The first-order chi connectivity index (χ1) is 13.0. The van der Waals surface area contributed by atoms with E-state index in [-0.39, 0.29) is 28.7 Å². The third-order valence-electron chi connectivity index (χ3n) is 7.63. The van der Waals surface area contributed by atoms with E-state index in [0.717, 1.165) is 23.9 Å². The van der Waals surface area contributed by atoms with E-state index in [1.165, 1.54) is 44.9 Å². The van der Waals surface area contributed by atoms with Crippen molar-refractivity contribution < 1.29 is 13.2 Å². The number of aliphatic imine (C=N–C) groups is 1. The van der Waals surface area contributed by atoms with E-state index < -0.39 is 9.84 Å². The third kappa shape index (κ3) is 3.59. The highest BCUT2D eigenvalue weighted by atomic mass is 32.2. The van der Waals surface area contributed by atoms with Crippen molar-refractivity contribution >= 4 is 32.7 Å². The summed E-state index contributed by atoms with van der Waals surface area (Å²) in [7, 11) is -2.96. The fourth-order valence-electron chi connectivity index (χ4n) is 6.32. The summed E-state index contributed by atoms with van der Waals surface area (Å²) in [5, 5.41) is 0.907. The Kier molecular flexibility index (Phi) is 4.82. The molecular weight excluding hydrogens is 380 g/mol. The predicted octanol–water partition coefficient (Wildman–Crippen LogP) is 3.24. The largest absolute Gasteiger partial charge is 0.343 e. The number of carbonyl (C=O) groups excluding carboxylic acids is 1. The number of nitrogens with zero attached hydrogens (tertiary/aromatic N) is 2. The lowest BCUT2D eigenvalue weighted by molar-refractivity contribution is -0.118. The molecule has 5 rings (SSSR count). The van der Waals surface area contributed by atoms with E-state index in [1.54, 1.807) is 11.8 Å². The van der Waals surface area contributed by atoms with Crippen LogP contribution in [0.2, 0.25) is 0 Å². The van der Waals surface area contributed by atoms with Gasteiger partial charge in [-0.3, -0.25) is 4.79 Å². The van der Waals surface area contributed by atoms with Gasteiger partial charge in [0.15, 0.2) is 15.0 Å². The van der Waals surface area contributed by atoms with E-state index in [9.17, 15) is 13.2 Å². The lowest BCUT2D eigenvalue weighted by Gasteiger charge is -2.36. The van der Waals surface area contributed by atoms with Gasteiger partial charge in [-0.15, -0.1) is 0 Å². The van der Waals surface area contributed by atoms with Crippen LogP contribution in [0.1, 0.15) is 64.2 Å². The lowest BCUT2D eigenvalue weighted by Crippen LogP contribution is -2.47. The number of rotatable bonds is 4. The summed E-state index contributed by atoms with van der Waals surface area (Å²) in [5.74, 6) is 2.65. The van der Waals surface area contributed by atoms with Gasteiger partial charge in [-0.2, -0.15) is 4.99 Å². The molecule has 0 N–H and O–H groups in total. The standard InChI is InChI=1S/C20H30N2O3S2/c23-19(8-6-13-3-1-2-4-13)21-20-22(16-10-14-5-7-15(16)9-14)17-11-27(24,25)12-18(17)26-20/h13-18H,1-12H2. The highest BCUT2D eigenvalue weighted by Gasteiger charge is 2.54. The van der Waals surface area contributed by atoms with E-state index in [2.05, 4.69) is 9.89 Å². The Morgan fingerprint density at radius 3 is 2.59 bits per heavy atom. The van der Waals surface area contributed by atoms with Crippen LogP contribution in [-0.4, -0.2) is 53.2 Å². The smallest absolute Gasteiger partial charge is 0.248 e. The first-order valence-electron chi connectivity index (χ1n) is 10.8. The van der Waals surface area contributed by atoms with Gasteiger partial charge in [0.25, 0.3) is 0 Å². The minimum Gasteiger partial charge on any atom is -0.343 e. The van der Waals surface area contributed by atoms with E-state index in [1.807, 2.05) is 0 Å². The van der Waals surface area contributed by atoms with Crippen molar-refractivity contribution in [3.05, 3.63) is 0 Å². The van der Waals surface area contributed by atoms with Crippen LogP contribution in [-0.2, 0) is 14.6 Å². The maximum atomic E-state index is 12.6. The molecule has 2 aliphatic heterocycles. The zero-order valence-corrected chi connectivity index (χ0v) is 17.5. The summed E-state index contributed by atoms with van der Waals surface area (Å²) in [6.07, 6.45) is 11.7. The normalized spacial score (nSPS) is 41.7. The van der Waals surface area contributed by atoms with Gasteiger partial charge in [0.05, 0.1) is 17.5 Å². The molecule has 5 fully saturated rings. The van der Waals surface area contributed by atoms with Crippen molar-refractivity contribution in [2.45, 2.75) is 81.5 Å². The van der Waals surface area contributed by atoms with Gasteiger partial charge in [-0.25, -0.2) is 8.42 Å². The summed E-state index contributed by atoms with van der Waals surface area (Å²) in [6.45, 7) is 0. The summed E-state index contributed by atoms with van der Waals surface area (Å²) >= 11 is 1.57. The van der Waals surface area contributed by atoms with Crippen LogP contribution < -0.4 is 0 Å². The molecule has 0 aromatic heterocycles. The summed E-state index contributed by atoms with van der Waals surface area (Å²) in [5.41, 5.74) is 0. The summed E-state index contributed by atoms with van der Waals surface area (Å²) < 4.78 is 24.4. The molecule has 5 atom stereocenters. The van der Waals surface area contributed by atoms with Crippen molar-refractivity contribution in [2.24, 2.45) is 22.7 Å². The lowest BCUT2D eigenvalue weighted by atomic mass is 9.93. The van der Waals surface area contributed by atoms with Gasteiger partial charge >= 0.3 is 0 Å². The molecule has 5 nitrogen and oxygen atoms in total. The van der Waals surface area contributed by atoms with Gasteiger partial charge in [-0.05, 0) is 43.4 Å². The highest BCUT2D eigenvalue weighted by Crippen LogP contribution is 2.51. The second-order valence-electron chi connectivity index (χ2n) is 9.43. The number of hydrogen-bond acceptors (Lipinski definition) is 4. The zero-order valence-electron chi connectivity index (χ0n) is 15.9. The highest BCUT2D eigenvalue weighted by molar-refractivity contribution is 8.15. The number of amides is 1. The number of sulfone groups is 1. The molecule has 0 radical (unpaired) electrons. The van der Waals surface area contributed by atoms with Crippen molar-refractivity contribution in [1.29, 1.82) is 0 Å². The predicted molar refractivity (Wildman–Crippen MR) is 109 cm³/mol. The molecule has 3 saturated carbocycles. The molecule has 150 valence electrons. The molecule has 3 aliphatic carbocycles. The topological polar surface area (TPSA) is 66.8 Å². The second kappa shape index (κ2) is 7.05. The van der Waals surface area contributed by atoms with Gasteiger partial charge < -0.3 is 4.90 Å². The van der Waals surface area contributed by atoms with Crippen molar-refractivity contribution in [1.82, 2.24) is 4.90 Å². The fourth-order valence-corrected chi connectivity index (χ4v) is 10.3. The van der Waals surface area contributed by atoms with Crippen LogP contribution in [0.15, 0.2) is 4.99 Å². The molecule has 1 amide bonds. The van der Waals surface area contributed by atoms with Gasteiger partial charge in [0, 0.05) is 17.7 Å². The summed E-state index contributed by atoms with van der Waals surface area (Å²) in [4.78, 5) is 19.4. The number of hydrogen-bond donors (Lipinski definition) is 0. The van der Waals surface area contributed by atoms with Gasteiger partial charge in [-0.1, -0.05) is 43.9 Å². The molecule has 0 aromatic rings. The van der Waals surface area contributed by atoms with Crippen molar-refractivity contribution in [3.63, 3.8) is 0 Å². The second-order valence-corrected chi connectivity index (χ2v) is 12.8. The quantitative estimate of drug-likeness (QED) is 0.712. The van der Waals surface area contributed by atoms with Crippen molar-refractivity contribution in [2.75, 3.05) is 11.5 Å². The van der Waals surface area contributed by atoms with Crippen LogP contribution in [0, 0.1) is 17.8 Å².